The summed E-state index contributed by atoms with van der Waals surface area (Å²) in [6.07, 6.45) is 0.0502. The highest BCUT2D eigenvalue weighted by Crippen LogP contribution is 2.31. The van der Waals surface area contributed by atoms with Crippen molar-refractivity contribution < 1.29 is 23.9 Å². The van der Waals surface area contributed by atoms with Gasteiger partial charge in [-0.25, -0.2) is 4.90 Å². The Balaban J connectivity index is 1.26. The second-order valence-corrected chi connectivity index (χ2v) is 8.22. The number of anilines is 2. The van der Waals surface area contributed by atoms with Crippen molar-refractivity contribution in [2.24, 2.45) is 5.92 Å². The number of hydrogen-bond donors (Lipinski definition) is 0. The molecule has 1 saturated heterocycles. The summed E-state index contributed by atoms with van der Waals surface area (Å²) in [7, 11) is 0. The molecule has 0 bridgehead atoms. The number of halogens is 1. The molecule has 2 heterocycles. The number of fused-ring (bicyclic) bond motifs is 1. The van der Waals surface area contributed by atoms with Crippen LogP contribution in [-0.2, 0) is 9.59 Å². The highest BCUT2D eigenvalue weighted by Gasteiger charge is 2.37. The molecule has 3 aromatic rings. The molecule has 0 unspecified atom stereocenters. The standard InChI is InChI=1S/C25H17ClN2O5/c26-16-5-7-17(8-6-16)27-14-15(13-22(27)29)25(32)33-19-11-9-18(10-12-19)28-23(30)20-3-1-2-4-21(20)24(28)31/h1-12,15H,13-14H2/t15-/m0/s1. The van der Waals surface area contributed by atoms with Crippen LogP contribution >= 0.6 is 11.6 Å². The fraction of sp³-hybridized carbons (Fsp3) is 0.120. The number of nitrogens with zero attached hydrogens (tertiary/aromatic N) is 2. The molecule has 3 aromatic carbocycles. The summed E-state index contributed by atoms with van der Waals surface area (Å²) in [5.41, 5.74) is 1.76. The van der Waals surface area contributed by atoms with Crippen LogP contribution in [0.4, 0.5) is 11.4 Å². The number of benzene rings is 3. The van der Waals surface area contributed by atoms with Crippen LogP contribution in [-0.4, -0.2) is 30.2 Å². The van der Waals surface area contributed by atoms with Gasteiger partial charge in [-0.3, -0.25) is 19.2 Å². The van der Waals surface area contributed by atoms with E-state index in [9.17, 15) is 19.2 Å². The van der Waals surface area contributed by atoms with Gasteiger partial charge in [0.2, 0.25) is 5.91 Å². The average Bonchev–Trinajstić information content (AvgIpc) is 3.33. The van der Waals surface area contributed by atoms with Gasteiger partial charge in [-0.15, -0.1) is 0 Å². The summed E-state index contributed by atoms with van der Waals surface area (Å²) in [6.45, 7) is 0.215. The number of rotatable bonds is 4. The van der Waals surface area contributed by atoms with Crippen LogP contribution in [0.3, 0.4) is 0 Å². The lowest BCUT2D eigenvalue weighted by Gasteiger charge is -2.17. The first-order chi connectivity index (χ1) is 15.9. The summed E-state index contributed by atoms with van der Waals surface area (Å²) < 4.78 is 5.46. The monoisotopic (exact) mass is 460 g/mol. The molecule has 0 aromatic heterocycles. The Kier molecular flexibility index (Phi) is 5.18. The summed E-state index contributed by atoms with van der Waals surface area (Å²) in [6, 6.07) is 19.6. The van der Waals surface area contributed by atoms with E-state index < -0.39 is 23.7 Å². The molecule has 164 valence electrons. The van der Waals surface area contributed by atoms with E-state index in [1.165, 1.54) is 17.0 Å². The smallest absolute Gasteiger partial charge is 0.316 e. The van der Waals surface area contributed by atoms with Crippen LogP contribution in [0.2, 0.25) is 5.02 Å². The van der Waals surface area contributed by atoms with Crippen molar-refractivity contribution in [3.8, 4) is 5.75 Å². The molecule has 0 aliphatic carbocycles. The lowest BCUT2D eigenvalue weighted by atomic mass is 10.1. The third-order valence-electron chi connectivity index (χ3n) is 5.70. The first kappa shape index (κ1) is 20.9. The van der Waals surface area contributed by atoms with Gasteiger partial charge in [0, 0.05) is 23.7 Å². The summed E-state index contributed by atoms with van der Waals surface area (Å²) in [5, 5.41) is 0.561. The zero-order chi connectivity index (χ0) is 23.1. The summed E-state index contributed by atoms with van der Waals surface area (Å²) >= 11 is 5.90. The van der Waals surface area contributed by atoms with Crippen LogP contribution in [0.25, 0.3) is 0 Å². The lowest BCUT2D eigenvalue weighted by molar-refractivity contribution is -0.139. The minimum absolute atomic E-state index is 0.0502. The molecule has 2 aliphatic heterocycles. The van der Waals surface area contributed by atoms with Gasteiger partial charge in [0.1, 0.15) is 5.75 Å². The van der Waals surface area contributed by atoms with Crippen molar-refractivity contribution in [2.45, 2.75) is 6.42 Å². The van der Waals surface area contributed by atoms with Gasteiger partial charge in [0.25, 0.3) is 11.8 Å². The van der Waals surface area contributed by atoms with Gasteiger partial charge in [-0.05, 0) is 60.7 Å². The normalized spacial score (nSPS) is 17.5. The van der Waals surface area contributed by atoms with Crippen molar-refractivity contribution in [3.05, 3.63) is 88.9 Å². The minimum atomic E-state index is -0.607. The van der Waals surface area contributed by atoms with E-state index >= 15 is 0 Å². The van der Waals surface area contributed by atoms with Crippen LogP contribution < -0.4 is 14.5 Å². The number of imide groups is 1. The Morgan fingerprint density at radius 3 is 2.00 bits per heavy atom. The van der Waals surface area contributed by atoms with Crippen LogP contribution in [0, 0.1) is 5.92 Å². The molecule has 33 heavy (non-hydrogen) atoms. The quantitative estimate of drug-likeness (QED) is 0.332. The van der Waals surface area contributed by atoms with Crippen molar-refractivity contribution in [3.63, 3.8) is 0 Å². The van der Waals surface area contributed by atoms with Gasteiger partial charge in [-0.1, -0.05) is 23.7 Å². The highest BCUT2D eigenvalue weighted by molar-refractivity contribution is 6.34. The van der Waals surface area contributed by atoms with E-state index in [0.29, 0.717) is 27.5 Å². The Labute approximate surface area is 194 Å². The minimum Gasteiger partial charge on any atom is -0.426 e. The molecule has 8 heteroatoms. The van der Waals surface area contributed by atoms with E-state index in [-0.39, 0.29) is 24.6 Å². The fourth-order valence-corrected chi connectivity index (χ4v) is 4.15. The van der Waals surface area contributed by atoms with Crippen LogP contribution in [0.1, 0.15) is 27.1 Å². The first-order valence-electron chi connectivity index (χ1n) is 10.3. The van der Waals surface area contributed by atoms with Gasteiger partial charge >= 0.3 is 5.97 Å². The Bertz CT molecular complexity index is 1250. The second-order valence-electron chi connectivity index (χ2n) is 7.79. The number of esters is 1. The Morgan fingerprint density at radius 2 is 1.39 bits per heavy atom. The van der Waals surface area contributed by atoms with Crippen molar-refractivity contribution in [2.75, 3.05) is 16.3 Å². The van der Waals surface area contributed by atoms with E-state index in [1.807, 2.05) is 0 Å². The summed E-state index contributed by atoms with van der Waals surface area (Å²) in [5.74, 6) is -1.82. The fourth-order valence-electron chi connectivity index (χ4n) is 4.02. The zero-order valence-corrected chi connectivity index (χ0v) is 18.0. The maximum absolute atomic E-state index is 12.6. The van der Waals surface area contributed by atoms with E-state index in [2.05, 4.69) is 0 Å². The molecule has 1 fully saturated rings. The Morgan fingerprint density at radius 1 is 0.818 bits per heavy atom. The lowest BCUT2D eigenvalue weighted by Crippen LogP contribution is -2.29. The third kappa shape index (κ3) is 3.76. The van der Waals surface area contributed by atoms with Crippen molar-refractivity contribution in [1.82, 2.24) is 0 Å². The largest absolute Gasteiger partial charge is 0.426 e. The van der Waals surface area contributed by atoms with Gasteiger partial charge < -0.3 is 9.64 Å². The van der Waals surface area contributed by atoms with Crippen molar-refractivity contribution in [1.29, 1.82) is 0 Å². The zero-order valence-electron chi connectivity index (χ0n) is 17.2. The average molecular weight is 461 g/mol. The van der Waals surface area contributed by atoms with E-state index in [0.717, 1.165) is 4.90 Å². The van der Waals surface area contributed by atoms with Crippen molar-refractivity contribution >= 4 is 46.7 Å². The predicted octanol–water partition coefficient (Wildman–Crippen LogP) is 4.10. The van der Waals surface area contributed by atoms with Gasteiger partial charge in [0.05, 0.1) is 22.7 Å². The SMILES string of the molecule is O=C(Oc1ccc(N2C(=O)c3ccccc3C2=O)cc1)[C@H]1CC(=O)N(c2ccc(Cl)cc2)C1. The van der Waals surface area contributed by atoms with Gasteiger partial charge in [0.15, 0.2) is 0 Å². The number of ether oxygens (including phenoxy) is 1. The highest BCUT2D eigenvalue weighted by atomic mass is 35.5. The molecule has 5 rings (SSSR count). The maximum atomic E-state index is 12.6. The molecule has 0 N–H and O–H groups in total. The molecule has 0 spiro atoms. The number of hydrogen-bond acceptors (Lipinski definition) is 5. The van der Waals surface area contributed by atoms with Crippen LogP contribution in [0.5, 0.6) is 5.75 Å². The molecular weight excluding hydrogens is 444 g/mol. The molecule has 7 nitrogen and oxygen atoms in total. The van der Waals surface area contributed by atoms with Crippen LogP contribution in [0.15, 0.2) is 72.8 Å². The van der Waals surface area contributed by atoms with Gasteiger partial charge in [-0.2, -0.15) is 0 Å². The van der Waals surface area contributed by atoms with E-state index in [4.69, 9.17) is 16.3 Å². The van der Waals surface area contributed by atoms with E-state index in [1.54, 1.807) is 60.7 Å². The number of amides is 3. The molecule has 3 amide bonds. The topological polar surface area (TPSA) is 84.0 Å². The number of carbonyl (C=O) groups is 4. The number of carbonyl (C=O) groups excluding carboxylic acids is 4. The molecule has 2 aliphatic rings. The summed E-state index contributed by atoms with van der Waals surface area (Å²) in [4.78, 5) is 52.9. The Hall–Kier alpha value is -3.97. The molecule has 1 atom stereocenters. The maximum Gasteiger partial charge on any atom is 0.316 e. The molecule has 0 saturated carbocycles. The predicted molar refractivity (Wildman–Crippen MR) is 122 cm³/mol. The molecule has 0 radical (unpaired) electrons. The first-order valence-corrected chi connectivity index (χ1v) is 10.7. The molecular formula is C25H17ClN2O5. The third-order valence-corrected chi connectivity index (χ3v) is 5.96. The second kappa shape index (κ2) is 8.18.